The number of benzene rings is 2. The molecule has 2 unspecified atom stereocenters. The Morgan fingerprint density at radius 2 is 1.83 bits per heavy atom. The molecule has 1 amide bonds. The zero-order chi connectivity index (χ0) is 38.9. The van der Waals surface area contributed by atoms with Crippen molar-refractivity contribution in [3.8, 4) is 23.2 Å². The molecule has 3 aliphatic heterocycles. The van der Waals surface area contributed by atoms with E-state index in [2.05, 4.69) is 24.9 Å². The van der Waals surface area contributed by atoms with Crippen molar-refractivity contribution in [1.29, 1.82) is 5.26 Å². The molecule has 0 bridgehead atoms. The number of aromatic nitrogens is 2. The number of carbonyl (C=O) groups excluding carboxylic acids is 1. The van der Waals surface area contributed by atoms with Crippen LogP contribution < -0.4 is 15.8 Å². The van der Waals surface area contributed by atoms with Crippen LogP contribution in [-0.2, 0) is 15.7 Å². The van der Waals surface area contributed by atoms with Gasteiger partial charge in [-0.25, -0.2) is 13.2 Å². The Labute approximate surface area is 307 Å². The van der Waals surface area contributed by atoms with Crippen LogP contribution in [0.15, 0.2) is 18.2 Å². The van der Waals surface area contributed by atoms with Crippen LogP contribution in [0.3, 0.4) is 0 Å². The number of fused-ring (bicyclic) bond motifs is 3. The highest BCUT2D eigenvalue weighted by atomic mass is 32.1. The number of alkyl halides is 4. The summed E-state index contributed by atoms with van der Waals surface area (Å²) < 4.78 is 94.7. The number of nitrogens with two attached hydrogens (primary N) is 1. The topological polar surface area (TPSA) is 130 Å². The number of amides is 1. The number of methoxy groups -OCH3 is 2. The van der Waals surface area contributed by atoms with Crippen molar-refractivity contribution in [1.82, 2.24) is 19.8 Å². The van der Waals surface area contributed by atoms with Crippen LogP contribution in [-0.4, -0.2) is 91.9 Å². The summed E-state index contributed by atoms with van der Waals surface area (Å²) in [6.07, 6.45) is 1.13. The molecular formula is C36H43F6N7O3S. The highest BCUT2D eigenvalue weighted by Crippen LogP contribution is 2.47. The van der Waals surface area contributed by atoms with Gasteiger partial charge in [-0.2, -0.15) is 28.4 Å². The fraction of sp³-hybridized carbons (Fsp3) is 0.500. The Bertz CT molecular complexity index is 1900. The van der Waals surface area contributed by atoms with E-state index < -0.39 is 40.6 Å². The molecule has 4 aromatic rings. The Kier molecular flexibility index (Phi) is 14.5. The summed E-state index contributed by atoms with van der Waals surface area (Å²) in [6, 6.07) is 4.75. The molecular weight excluding hydrogens is 724 g/mol. The number of nitrogens with one attached hydrogen (secondary N) is 1. The normalized spacial score (nSPS) is 17.9. The summed E-state index contributed by atoms with van der Waals surface area (Å²) in [5.41, 5.74) is 2.59. The van der Waals surface area contributed by atoms with Crippen molar-refractivity contribution in [2.45, 2.75) is 64.3 Å². The van der Waals surface area contributed by atoms with Crippen LogP contribution in [0.1, 0.15) is 57.1 Å². The van der Waals surface area contributed by atoms with E-state index >= 15 is 4.39 Å². The second kappa shape index (κ2) is 18.6. The Balaban J connectivity index is 0.000000251. The summed E-state index contributed by atoms with van der Waals surface area (Å²) in [7, 11) is 2.91. The van der Waals surface area contributed by atoms with Crippen LogP contribution in [0.25, 0.3) is 32.1 Å². The van der Waals surface area contributed by atoms with Crippen LogP contribution in [0.5, 0.6) is 6.01 Å². The molecule has 2 atom stereocenters. The number of halogens is 6. The van der Waals surface area contributed by atoms with E-state index in [9.17, 15) is 32.0 Å². The van der Waals surface area contributed by atoms with E-state index in [1.165, 1.54) is 32.8 Å². The lowest BCUT2D eigenvalue weighted by molar-refractivity contribution is -0.137. The smallest absolute Gasteiger partial charge is 0.417 e. The van der Waals surface area contributed by atoms with Gasteiger partial charge < -0.3 is 25.4 Å². The fourth-order valence-corrected chi connectivity index (χ4v) is 7.42. The number of nitrogens with zero attached hydrogens (tertiary/aromatic N) is 5. The molecule has 3 saturated heterocycles. The molecule has 2 aromatic heterocycles. The molecule has 5 heterocycles. The average Bonchev–Trinajstić information content (AvgIpc) is 3.94. The SMILES string of the molecule is CCNc1nc(OC)nc2c(F)c(-c3ccc(F)c4sc(N)c(C#N)c34)c(C(F)(F)F)cc12.CCOC.FC1CC2CCCN2C1.O=CN1CCCC1. The number of anilines is 2. The average molecular weight is 768 g/mol. The van der Waals surface area contributed by atoms with E-state index in [0.29, 0.717) is 23.9 Å². The third-order valence-electron chi connectivity index (χ3n) is 8.98. The van der Waals surface area contributed by atoms with Gasteiger partial charge >= 0.3 is 12.2 Å². The first kappa shape index (κ1) is 41.4. The number of likely N-dealkylation sites (tertiary alicyclic amines) is 1. The highest BCUT2D eigenvalue weighted by Gasteiger charge is 2.38. The summed E-state index contributed by atoms with van der Waals surface area (Å²) in [6.45, 7) is 8.57. The van der Waals surface area contributed by atoms with E-state index in [-0.39, 0.29) is 50.0 Å². The molecule has 17 heteroatoms. The van der Waals surface area contributed by atoms with Gasteiger partial charge in [-0.05, 0) is 70.2 Å². The highest BCUT2D eigenvalue weighted by molar-refractivity contribution is 7.23. The van der Waals surface area contributed by atoms with Gasteiger partial charge in [0.2, 0.25) is 6.41 Å². The van der Waals surface area contributed by atoms with Crippen molar-refractivity contribution in [3.05, 3.63) is 41.0 Å². The third-order valence-corrected chi connectivity index (χ3v) is 10.0. The summed E-state index contributed by atoms with van der Waals surface area (Å²) in [5.74, 6) is -2.15. The molecule has 3 fully saturated rings. The zero-order valence-corrected chi connectivity index (χ0v) is 30.8. The third kappa shape index (κ3) is 9.59. The lowest BCUT2D eigenvalue weighted by Gasteiger charge is -2.18. The molecule has 3 N–H and O–H groups in total. The van der Waals surface area contributed by atoms with Gasteiger partial charge in [0.05, 0.1) is 22.9 Å². The number of carbonyl (C=O) groups is 1. The first-order chi connectivity index (χ1) is 25.3. The van der Waals surface area contributed by atoms with Gasteiger partial charge in [0.15, 0.2) is 5.82 Å². The molecule has 53 heavy (non-hydrogen) atoms. The summed E-state index contributed by atoms with van der Waals surface area (Å²) >= 11 is 0.698. The number of thiophene rings is 1. The van der Waals surface area contributed by atoms with Crippen molar-refractivity contribution < 1.29 is 40.6 Å². The molecule has 288 valence electrons. The first-order valence-corrected chi connectivity index (χ1v) is 18.0. The molecule has 0 aliphatic carbocycles. The lowest BCUT2D eigenvalue weighted by atomic mass is 9.92. The minimum absolute atomic E-state index is 0.0444. The predicted octanol–water partition coefficient (Wildman–Crippen LogP) is 7.79. The number of rotatable bonds is 6. The maximum Gasteiger partial charge on any atom is 0.417 e. The van der Waals surface area contributed by atoms with Crippen molar-refractivity contribution in [2.75, 3.05) is 64.6 Å². The van der Waals surface area contributed by atoms with E-state index in [1.54, 1.807) is 25.0 Å². The van der Waals surface area contributed by atoms with E-state index in [4.69, 9.17) is 10.5 Å². The quantitative estimate of drug-likeness (QED) is 0.149. The van der Waals surface area contributed by atoms with Crippen molar-refractivity contribution in [3.63, 3.8) is 0 Å². The number of nitrogen functional groups attached to an aromatic ring is 1. The standard InChI is InChI=1S/C21H14F5N5OS.C7H12FN.C5H9NO.C3H8O/c1-3-29-19-9-6-11(21(24,25)26)14(15(23)16(9)30-20(31-19)32-2)8-4-5-12(22)17-13(8)10(7-27)18(28)33-17;8-6-4-7-2-1-3-9(7)5-6;7-5-6-3-1-2-4-6;1-3-4-2/h4-6H,3,28H2,1-2H3,(H,29,30,31);6-7H,1-5H2;5H,1-4H2;3H2,1-2H3. The van der Waals surface area contributed by atoms with Gasteiger partial charge in [0.1, 0.15) is 34.4 Å². The zero-order valence-electron chi connectivity index (χ0n) is 30.0. The van der Waals surface area contributed by atoms with Gasteiger partial charge in [-0.1, -0.05) is 6.07 Å². The number of hydrogen-bond acceptors (Lipinski definition) is 10. The van der Waals surface area contributed by atoms with Gasteiger partial charge in [-0.3, -0.25) is 9.69 Å². The van der Waals surface area contributed by atoms with Crippen LogP contribution in [0.4, 0.5) is 37.2 Å². The Morgan fingerprint density at radius 1 is 1.13 bits per heavy atom. The molecule has 0 radical (unpaired) electrons. The Hall–Kier alpha value is -4.40. The maximum absolute atomic E-state index is 15.9. The summed E-state index contributed by atoms with van der Waals surface area (Å²) in [4.78, 5) is 21.9. The summed E-state index contributed by atoms with van der Waals surface area (Å²) in [5, 5.41) is 11.8. The van der Waals surface area contributed by atoms with Crippen LogP contribution >= 0.6 is 11.3 Å². The van der Waals surface area contributed by atoms with Gasteiger partial charge in [0.25, 0.3) is 0 Å². The maximum atomic E-state index is 15.9. The fourth-order valence-electron chi connectivity index (χ4n) is 6.47. The number of hydrogen-bond donors (Lipinski definition) is 2. The molecule has 7 rings (SSSR count). The molecule has 0 spiro atoms. The second-order valence-corrected chi connectivity index (χ2v) is 13.5. The van der Waals surface area contributed by atoms with Crippen LogP contribution in [0.2, 0.25) is 0 Å². The van der Waals surface area contributed by atoms with Crippen LogP contribution in [0, 0.1) is 23.0 Å². The van der Waals surface area contributed by atoms with Gasteiger partial charge in [0, 0.05) is 62.3 Å². The largest absolute Gasteiger partial charge is 0.467 e. The number of ether oxygens (including phenoxy) is 2. The van der Waals surface area contributed by atoms with Gasteiger partial charge in [-0.15, -0.1) is 11.3 Å². The molecule has 3 aliphatic rings. The minimum Gasteiger partial charge on any atom is -0.467 e. The van der Waals surface area contributed by atoms with Crippen molar-refractivity contribution in [2.24, 2.45) is 0 Å². The van der Waals surface area contributed by atoms with Crippen molar-refractivity contribution >= 4 is 49.6 Å². The van der Waals surface area contributed by atoms with E-state index in [0.717, 1.165) is 57.3 Å². The monoisotopic (exact) mass is 767 g/mol. The second-order valence-electron chi connectivity index (χ2n) is 12.4. The minimum atomic E-state index is -5.00. The Morgan fingerprint density at radius 3 is 2.38 bits per heavy atom. The van der Waals surface area contributed by atoms with E-state index in [1.807, 2.05) is 6.92 Å². The predicted molar refractivity (Wildman–Crippen MR) is 194 cm³/mol. The lowest BCUT2D eigenvalue weighted by Crippen LogP contribution is -2.22. The molecule has 10 nitrogen and oxygen atoms in total. The molecule has 0 saturated carbocycles. The first-order valence-electron chi connectivity index (χ1n) is 17.2. The molecule has 2 aromatic carbocycles. The number of nitriles is 1.